The molecule has 3 N–H and O–H groups in total. The third kappa shape index (κ3) is 4.91. The Bertz CT molecular complexity index is 550. The molecule has 24 heavy (non-hydrogen) atoms. The SMILES string of the molecule is CCOC(=O)c1sc(C(C)NC(=O)C(CC)(CC)CN)nc1C.Cl. The number of hydrogen-bond donors (Lipinski definition) is 2. The lowest BCUT2D eigenvalue weighted by Gasteiger charge is -2.29. The number of carbonyl (C=O) groups excluding carboxylic acids is 2. The van der Waals surface area contributed by atoms with Crippen molar-refractivity contribution in [3.63, 3.8) is 0 Å². The van der Waals surface area contributed by atoms with Crippen LogP contribution in [0.4, 0.5) is 0 Å². The Kier molecular flexibility index (Phi) is 9.47. The van der Waals surface area contributed by atoms with Crippen molar-refractivity contribution in [1.29, 1.82) is 0 Å². The molecule has 8 heteroatoms. The minimum Gasteiger partial charge on any atom is -0.462 e. The summed E-state index contributed by atoms with van der Waals surface area (Å²) in [5.74, 6) is -0.436. The van der Waals surface area contributed by atoms with E-state index < -0.39 is 5.41 Å². The molecular formula is C16H28ClN3O3S. The van der Waals surface area contributed by atoms with Crippen molar-refractivity contribution in [3.05, 3.63) is 15.6 Å². The van der Waals surface area contributed by atoms with E-state index in [2.05, 4.69) is 10.3 Å². The number of esters is 1. The van der Waals surface area contributed by atoms with E-state index in [0.717, 1.165) is 0 Å². The van der Waals surface area contributed by atoms with Crippen molar-refractivity contribution in [2.75, 3.05) is 13.2 Å². The smallest absolute Gasteiger partial charge is 0.350 e. The summed E-state index contributed by atoms with van der Waals surface area (Å²) in [5, 5.41) is 3.67. The number of halogens is 1. The Balaban J connectivity index is 0.00000529. The summed E-state index contributed by atoms with van der Waals surface area (Å²) >= 11 is 1.26. The number of rotatable bonds is 8. The van der Waals surface area contributed by atoms with Crippen LogP contribution in [0.15, 0.2) is 0 Å². The highest BCUT2D eigenvalue weighted by Gasteiger charge is 2.34. The normalized spacial score (nSPS) is 12.2. The summed E-state index contributed by atoms with van der Waals surface area (Å²) < 4.78 is 5.02. The van der Waals surface area contributed by atoms with Gasteiger partial charge in [0.2, 0.25) is 5.91 Å². The lowest BCUT2D eigenvalue weighted by atomic mass is 9.81. The van der Waals surface area contributed by atoms with Crippen LogP contribution >= 0.6 is 23.7 Å². The summed E-state index contributed by atoms with van der Waals surface area (Å²) in [4.78, 5) is 29.3. The fourth-order valence-corrected chi connectivity index (χ4v) is 3.32. The van der Waals surface area contributed by atoms with Gasteiger partial charge in [-0.3, -0.25) is 4.79 Å². The standard InChI is InChI=1S/C16H27N3O3S.ClH/c1-6-16(7-2,9-17)15(21)19-11(5)13-18-10(4)12(23-13)14(20)22-8-3;/h11H,6-9,17H2,1-5H3,(H,19,21);1H. The van der Waals surface area contributed by atoms with E-state index in [9.17, 15) is 9.59 Å². The number of thiazole rings is 1. The highest BCUT2D eigenvalue weighted by molar-refractivity contribution is 7.13. The van der Waals surface area contributed by atoms with Crippen molar-refractivity contribution in [3.8, 4) is 0 Å². The summed E-state index contributed by atoms with van der Waals surface area (Å²) in [6, 6.07) is -0.279. The van der Waals surface area contributed by atoms with Crippen LogP contribution in [0.1, 0.15) is 67.0 Å². The van der Waals surface area contributed by atoms with Crippen LogP contribution in [0, 0.1) is 12.3 Å². The van der Waals surface area contributed by atoms with E-state index in [-0.39, 0.29) is 30.3 Å². The van der Waals surface area contributed by atoms with Crippen molar-refractivity contribution in [1.82, 2.24) is 10.3 Å². The molecular weight excluding hydrogens is 350 g/mol. The summed E-state index contributed by atoms with van der Waals surface area (Å²) in [5.41, 5.74) is 5.88. The minimum absolute atomic E-state index is 0. The van der Waals surface area contributed by atoms with Crippen LogP contribution in [0.25, 0.3) is 0 Å². The van der Waals surface area contributed by atoms with Gasteiger partial charge in [0.05, 0.1) is 23.8 Å². The number of amides is 1. The first-order valence-corrected chi connectivity index (χ1v) is 8.82. The maximum absolute atomic E-state index is 12.6. The molecule has 0 bridgehead atoms. The molecule has 0 fully saturated rings. The fraction of sp³-hybridized carbons (Fsp3) is 0.688. The number of nitrogens with zero attached hydrogens (tertiary/aromatic N) is 1. The van der Waals surface area contributed by atoms with Crippen molar-refractivity contribution >= 4 is 35.6 Å². The quantitative estimate of drug-likeness (QED) is 0.679. The third-order valence-corrected chi connectivity index (χ3v) is 5.54. The molecule has 0 aliphatic carbocycles. The van der Waals surface area contributed by atoms with Gasteiger partial charge in [-0.1, -0.05) is 13.8 Å². The Morgan fingerprint density at radius 3 is 2.38 bits per heavy atom. The maximum Gasteiger partial charge on any atom is 0.350 e. The van der Waals surface area contributed by atoms with Gasteiger partial charge in [-0.25, -0.2) is 9.78 Å². The first-order chi connectivity index (χ1) is 10.8. The molecule has 0 spiro atoms. The molecule has 0 saturated heterocycles. The molecule has 1 rings (SSSR count). The average Bonchev–Trinajstić information content (AvgIpc) is 2.92. The first kappa shape index (κ1) is 22.8. The van der Waals surface area contributed by atoms with Gasteiger partial charge in [0.1, 0.15) is 9.88 Å². The minimum atomic E-state index is -0.551. The Morgan fingerprint density at radius 1 is 1.33 bits per heavy atom. The van der Waals surface area contributed by atoms with Gasteiger partial charge in [-0.15, -0.1) is 23.7 Å². The Labute approximate surface area is 154 Å². The van der Waals surface area contributed by atoms with Crippen LogP contribution in [0.2, 0.25) is 0 Å². The lowest BCUT2D eigenvalue weighted by molar-refractivity contribution is -0.131. The number of hydrogen-bond acceptors (Lipinski definition) is 6. The zero-order valence-corrected chi connectivity index (χ0v) is 16.6. The maximum atomic E-state index is 12.6. The number of nitrogens with one attached hydrogen (secondary N) is 1. The number of nitrogens with two attached hydrogens (primary N) is 1. The van der Waals surface area contributed by atoms with Crippen molar-refractivity contribution in [2.45, 2.75) is 53.5 Å². The first-order valence-electron chi connectivity index (χ1n) is 8.00. The van der Waals surface area contributed by atoms with E-state index in [4.69, 9.17) is 10.5 Å². The molecule has 1 aromatic rings. The van der Waals surface area contributed by atoms with Crippen molar-refractivity contribution in [2.24, 2.45) is 11.1 Å². The van der Waals surface area contributed by atoms with Crippen LogP contribution < -0.4 is 11.1 Å². The molecule has 1 atom stereocenters. The number of carbonyl (C=O) groups is 2. The van der Waals surface area contributed by atoms with E-state index in [1.165, 1.54) is 11.3 Å². The summed E-state index contributed by atoms with van der Waals surface area (Å²) in [6.45, 7) is 9.95. The number of aromatic nitrogens is 1. The molecule has 0 radical (unpaired) electrons. The van der Waals surface area contributed by atoms with E-state index in [1.54, 1.807) is 13.8 Å². The zero-order chi connectivity index (χ0) is 17.6. The van der Waals surface area contributed by atoms with Crippen LogP contribution in [-0.4, -0.2) is 30.0 Å². The predicted molar refractivity (Wildman–Crippen MR) is 98.7 cm³/mol. The second-order valence-corrected chi connectivity index (χ2v) is 6.60. The summed E-state index contributed by atoms with van der Waals surface area (Å²) in [7, 11) is 0. The molecule has 1 amide bonds. The van der Waals surface area contributed by atoms with Gasteiger partial charge in [-0.05, 0) is 33.6 Å². The topological polar surface area (TPSA) is 94.3 Å². The average molecular weight is 378 g/mol. The molecule has 1 aromatic heterocycles. The van der Waals surface area contributed by atoms with Gasteiger partial charge in [0.15, 0.2) is 0 Å². The monoisotopic (exact) mass is 377 g/mol. The zero-order valence-electron chi connectivity index (χ0n) is 15.0. The number of ether oxygens (including phenoxy) is 1. The van der Waals surface area contributed by atoms with Crippen LogP contribution in [0.5, 0.6) is 0 Å². The van der Waals surface area contributed by atoms with E-state index in [0.29, 0.717) is 41.6 Å². The predicted octanol–water partition coefficient (Wildman–Crippen LogP) is 2.99. The lowest BCUT2D eigenvalue weighted by Crippen LogP contribution is -2.46. The molecule has 138 valence electrons. The molecule has 0 aliphatic rings. The van der Waals surface area contributed by atoms with Gasteiger partial charge in [0, 0.05) is 6.54 Å². The van der Waals surface area contributed by atoms with Crippen LogP contribution in [-0.2, 0) is 9.53 Å². The van der Waals surface area contributed by atoms with Gasteiger partial charge < -0.3 is 15.8 Å². The second kappa shape index (κ2) is 9.96. The molecule has 6 nitrogen and oxygen atoms in total. The largest absolute Gasteiger partial charge is 0.462 e. The highest BCUT2D eigenvalue weighted by Crippen LogP contribution is 2.28. The second-order valence-electron chi connectivity index (χ2n) is 5.57. The van der Waals surface area contributed by atoms with Crippen LogP contribution in [0.3, 0.4) is 0 Å². The van der Waals surface area contributed by atoms with Gasteiger partial charge in [-0.2, -0.15) is 0 Å². The molecule has 1 unspecified atom stereocenters. The molecule has 0 aliphatic heterocycles. The summed E-state index contributed by atoms with van der Waals surface area (Å²) in [6.07, 6.45) is 1.37. The fourth-order valence-electron chi connectivity index (χ4n) is 2.35. The third-order valence-electron chi connectivity index (χ3n) is 4.22. The Morgan fingerprint density at radius 2 is 1.92 bits per heavy atom. The van der Waals surface area contributed by atoms with Gasteiger partial charge >= 0.3 is 5.97 Å². The van der Waals surface area contributed by atoms with E-state index in [1.807, 2.05) is 20.8 Å². The molecule has 0 aromatic carbocycles. The molecule has 0 saturated carbocycles. The highest BCUT2D eigenvalue weighted by atomic mass is 35.5. The molecule has 1 heterocycles. The van der Waals surface area contributed by atoms with Gasteiger partial charge in [0.25, 0.3) is 0 Å². The number of aryl methyl sites for hydroxylation is 1. The van der Waals surface area contributed by atoms with Crippen molar-refractivity contribution < 1.29 is 14.3 Å². The van der Waals surface area contributed by atoms with E-state index >= 15 is 0 Å². The Hall–Kier alpha value is -1.18.